The molecule has 0 radical (unpaired) electrons. The molecule has 0 unspecified atom stereocenters. The third-order valence-electron chi connectivity index (χ3n) is 2.87. The first-order chi connectivity index (χ1) is 9.70. The van der Waals surface area contributed by atoms with E-state index in [1.807, 2.05) is 0 Å². The summed E-state index contributed by atoms with van der Waals surface area (Å²) in [7, 11) is 0. The van der Waals surface area contributed by atoms with Gasteiger partial charge in [0.15, 0.2) is 5.12 Å². The van der Waals surface area contributed by atoms with E-state index in [0.717, 1.165) is 40.9 Å². The molecule has 1 atom stereocenters. The summed E-state index contributed by atoms with van der Waals surface area (Å²) in [5.41, 5.74) is -0.787. The Morgan fingerprint density at radius 1 is 1.24 bits per heavy atom. The average Bonchev–Trinajstić information content (AvgIpc) is 2.63. The first kappa shape index (κ1) is 15.6. The van der Waals surface area contributed by atoms with Gasteiger partial charge in [-0.1, -0.05) is 11.8 Å². The molecule has 1 aromatic carbocycles. The lowest BCUT2D eigenvalue weighted by Crippen LogP contribution is -2.31. The summed E-state index contributed by atoms with van der Waals surface area (Å²) in [5.74, 6) is -1.11. The molecular weight excluding hydrogens is 307 g/mol. The van der Waals surface area contributed by atoms with Gasteiger partial charge in [-0.3, -0.25) is 14.4 Å². The van der Waals surface area contributed by atoms with Crippen molar-refractivity contribution in [3.63, 3.8) is 0 Å². The molecule has 1 fully saturated rings. The van der Waals surface area contributed by atoms with Gasteiger partial charge in [0.2, 0.25) is 11.8 Å². The molecule has 1 aliphatic heterocycles. The number of anilines is 1. The Kier molecular flexibility index (Phi) is 4.08. The maximum Gasteiger partial charge on any atom is 0.416 e. The number of amides is 2. The lowest BCUT2D eigenvalue weighted by Gasteiger charge is -2.15. The van der Waals surface area contributed by atoms with Gasteiger partial charge in [0, 0.05) is 13.3 Å². The van der Waals surface area contributed by atoms with Gasteiger partial charge in [-0.15, -0.1) is 0 Å². The van der Waals surface area contributed by atoms with Crippen LogP contribution in [0, 0.1) is 0 Å². The molecule has 2 amide bonds. The van der Waals surface area contributed by atoms with Gasteiger partial charge in [0.05, 0.1) is 11.3 Å². The van der Waals surface area contributed by atoms with Gasteiger partial charge in [0.25, 0.3) is 0 Å². The largest absolute Gasteiger partial charge is 0.416 e. The second kappa shape index (κ2) is 5.51. The van der Waals surface area contributed by atoms with E-state index >= 15 is 0 Å². The topological polar surface area (TPSA) is 54.5 Å². The number of benzene rings is 1. The molecule has 0 aromatic heterocycles. The van der Waals surface area contributed by atoms with Crippen LogP contribution in [-0.2, 0) is 20.6 Å². The molecule has 0 N–H and O–H groups in total. The molecule has 0 spiro atoms. The molecule has 1 saturated heterocycles. The molecule has 0 saturated carbocycles. The quantitative estimate of drug-likeness (QED) is 0.787. The van der Waals surface area contributed by atoms with E-state index in [4.69, 9.17) is 0 Å². The Hall–Kier alpha value is -1.83. The number of imide groups is 1. The van der Waals surface area contributed by atoms with Crippen molar-refractivity contribution in [1.82, 2.24) is 0 Å². The lowest BCUT2D eigenvalue weighted by molar-refractivity contribution is -0.137. The number of thioether (sulfide) groups is 1. The van der Waals surface area contributed by atoms with Crippen LogP contribution in [0.3, 0.4) is 0 Å². The molecule has 2 rings (SSSR count). The highest BCUT2D eigenvalue weighted by atomic mass is 32.2. The third kappa shape index (κ3) is 3.26. The minimum Gasteiger partial charge on any atom is -0.288 e. The summed E-state index contributed by atoms with van der Waals surface area (Å²) in [6, 6.07) is 3.75. The van der Waals surface area contributed by atoms with Gasteiger partial charge in [-0.25, -0.2) is 4.90 Å². The van der Waals surface area contributed by atoms with E-state index in [1.165, 1.54) is 6.92 Å². The zero-order valence-electron chi connectivity index (χ0n) is 10.8. The van der Waals surface area contributed by atoms with E-state index in [-0.39, 0.29) is 17.2 Å². The van der Waals surface area contributed by atoms with E-state index in [2.05, 4.69) is 0 Å². The molecule has 21 heavy (non-hydrogen) atoms. The van der Waals surface area contributed by atoms with E-state index < -0.39 is 28.8 Å². The minimum absolute atomic E-state index is 0.0738. The molecular formula is C13H10F3NO3S. The highest BCUT2D eigenvalue weighted by Gasteiger charge is 2.41. The van der Waals surface area contributed by atoms with Gasteiger partial charge in [-0.2, -0.15) is 13.2 Å². The van der Waals surface area contributed by atoms with Crippen LogP contribution in [0.25, 0.3) is 0 Å². The Morgan fingerprint density at radius 2 is 1.81 bits per heavy atom. The number of hydrogen-bond acceptors (Lipinski definition) is 4. The second-order valence-electron chi connectivity index (χ2n) is 4.41. The van der Waals surface area contributed by atoms with Gasteiger partial charge in [-0.05, 0) is 24.3 Å². The highest BCUT2D eigenvalue weighted by molar-refractivity contribution is 8.14. The summed E-state index contributed by atoms with van der Waals surface area (Å²) in [5, 5.41) is -1.10. The van der Waals surface area contributed by atoms with Crippen LogP contribution in [0.1, 0.15) is 18.9 Å². The monoisotopic (exact) mass is 317 g/mol. The van der Waals surface area contributed by atoms with E-state index in [0.29, 0.717) is 0 Å². The van der Waals surface area contributed by atoms with Crippen molar-refractivity contribution < 1.29 is 27.6 Å². The molecule has 4 nitrogen and oxygen atoms in total. The van der Waals surface area contributed by atoms with Crippen molar-refractivity contribution in [2.45, 2.75) is 24.8 Å². The SMILES string of the molecule is CC(=O)S[C@@H]1CC(=O)N(c2ccc(C(F)(F)F)cc2)C1=O. The predicted octanol–water partition coefficient (Wildman–Crippen LogP) is 2.62. The fraction of sp³-hybridized carbons (Fsp3) is 0.308. The first-order valence-electron chi connectivity index (χ1n) is 5.91. The zero-order chi connectivity index (χ0) is 15.8. The van der Waals surface area contributed by atoms with Gasteiger partial charge in [0.1, 0.15) is 5.25 Å². The molecule has 1 heterocycles. The molecule has 1 aliphatic rings. The van der Waals surface area contributed by atoms with Crippen LogP contribution in [-0.4, -0.2) is 22.2 Å². The number of halogens is 3. The summed E-state index contributed by atoms with van der Waals surface area (Å²) in [6.07, 6.45) is -4.62. The number of carbonyl (C=O) groups excluding carboxylic acids is 3. The maximum atomic E-state index is 12.5. The first-order valence-corrected chi connectivity index (χ1v) is 6.79. The Bertz CT molecular complexity index is 598. The standard InChI is InChI=1S/C13H10F3NO3S/c1-7(18)21-10-6-11(19)17(12(10)20)9-4-2-8(3-5-9)13(14,15)16/h2-5,10H,6H2,1H3/t10-/m1/s1. The molecule has 112 valence electrons. The minimum atomic E-state index is -4.48. The zero-order valence-corrected chi connectivity index (χ0v) is 11.6. The summed E-state index contributed by atoms with van der Waals surface area (Å²) in [4.78, 5) is 35.7. The normalized spacial score (nSPS) is 19.2. The molecule has 0 aliphatic carbocycles. The van der Waals surface area contributed by atoms with Crippen molar-refractivity contribution in [2.24, 2.45) is 0 Å². The second-order valence-corrected chi connectivity index (χ2v) is 5.79. The number of hydrogen-bond donors (Lipinski definition) is 0. The Balaban J connectivity index is 2.24. The van der Waals surface area contributed by atoms with E-state index in [9.17, 15) is 27.6 Å². The highest BCUT2D eigenvalue weighted by Crippen LogP contribution is 2.33. The van der Waals surface area contributed by atoms with Crippen molar-refractivity contribution in [3.05, 3.63) is 29.8 Å². The van der Waals surface area contributed by atoms with Crippen molar-refractivity contribution in [3.8, 4) is 0 Å². The number of rotatable bonds is 2. The lowest BCUT2D eigenvalue weighted by atomic mass is 10.2. The van der Waals surface area contributed by atoms with Crippen molar-refractivity contribution in [1.29, 1.82) is 0 Å². The van der Waals surface area contributed by atoms with Crippen molar-refractivity contribution in [2.75, 3.05) is 4.90 Å². The smallest absolute Gasteiger partial charge is 0.288 e. The summed E-state index contributed by atoms with van der Waals surface area (Å²) < 4.78 is 37.4. The summed E-state index contributed by atoms with van der Waals surface area (Å²) >= 11 is 0.749. The molecule has 1 aromatic rings. The predicted molar refractivity (Wildman–Crippen MR) is 70.6 cm³/mol. The fourth-order valence-corrected chi connectivity index (χ4v) is 2.80. The van der Waals surface area contributed by atoms with Crippen LogP contribution < -0.4 is 4.90 Å². The van der Waals surface area contributed by atoms with Gasteiger partial charge >= 0.3 is 6.18 Å². The van der Waals surface area contributed by atoms with Gasteiger partial charge < -0.3 is 0 Å². The molecule has 8 heteroatoms. The third-order valence-corrected chi connectivity index (χ3v) is 3.85. The van der Waals surface area contributed by atoms with Crippen LogP contribution in [0.15, 0.2) is 24.3 Å². The number of alkyl halides is 3. The number of carbonyl (C=O) groups is 3. The van der Waals surface area contributed by atoms with Crippen LogP contribution in [0.2, 0.25) is 0 Å². The molecule has 0 bridgehead atoms. The van der Waals surface area contributed by atoms with Crippen LogP contribution >= 0.6 is 11.8 Å². The van der Waals surface area contributed by atoms with Crippen LogP contribution in [0.4, 0.5) is 18.9 Å². The fourth-order valence-electron chi connectivity index (χ4n) is 1.97. The maximum absolute atomic E-state index is 12.5. The Morgan fingerprint density at radius 3 is 2.29 bits per heavy atom. The van der Waals surface area contributed by atoms with E-state index in [1.54, 1.807) is 0 Å². The number of nitrogens with zero attached hydrogens (tertiary/aromatic N) is 1. The summed E-state index contributed by atoms with van der Waals surface area (Å²) in [6.45, 7) is 1.28. The average molecular weight is 317 g/mol. The van der Waals surface area contributed by atoms with Crippen LogP contribution in [0.5, 0.6) is 0 Å². The Labute approximate surface area is 122 Å². The van der Waals surface area contributed by atoms with Crippen molar-refractivity contribution >= 4 is 34.4 Å².